The Morgan fingerprint density at radius 1 is 1.48 bits per heavy atom. The third-order valence-corrected chi connectivity index (χ3v) is 4.20. The minimum absolute atomic E-state index is 0.0995. The Morgan fingerprint density at radius 2 is 2.24 bits per heavy atom. The minimum Gasteiger partial charge on any atom is -0.395 e. The number of aromatic nitrogens is 3. The molecule has 2 rings (SSSR count). The van der Waals surface area contributed by atoms with Gasteiger partial charge in [-0.25, -0.2) is 9.97 Å². The van der Waals surface area contributed by atoms with Gasteiger partial charge in [0.2, 0.25) is 0 Å². The molecule has 0 amide bonds. The summed E-state index contributed by atoms with van der Waals surface area (Å²) in [6.45, 7) is 0.449. The molecule has 0 bridgehead atoms. The summed E-state index contributed by atoms with van der Waals surface area (Å²) in [5, 5.41) is 19.6. The summed E-state index contributed by atoms with van der Waals surface area (Å²) in [5.41, 5.74) is 8.23. The first-order valence-electron chi connectivity index (χ1n) is 6.63. The van der Waals surface area contributed by atoms with Crippen molar-refractivity contribution >= 4 is 28.6 Å². The molecular weight excluding hydrogens is 290 g/mol. The molecule has 5 N–H and O–H groups in total. The second kappa shape index (κ2) is 7.08. The molecule has 8 heteroatoms. The van der Waals surface area contributed by atoms with Crippen molar-refractivity contribution in [2.45, 2.75) is 18.7 Å². The van der Waals surface area contributed by atoms with Crippen LogP contribution in [0, 0.1) is 0 Å². The molecule has 0 unspecified atom stereocenters. The van der Waals surface area contributed by atoms with E-state index in [-0.39, 0.29) is 12.6 Å². The number of aliphatic hydroxyl groups is 2. The molecule has 0 aliphatic carbocycles. The van der Waals surface area contributed by atoms with Gasteiger partial charge in [0.15, 0.2) is 5.82 Å². The second-order valence-electron chi connectivity index (χ2n) is 4.98. The number of nitrogens with one attached hydrogen (secondary N) is 1. The summed E-state index contributed by atoms with van der Waals surface area (Å²) >= 11 is 1.55. The van der Waals surface area contributed by atoms with E-state index < -0.39 is 6.10 Å². The average Bonchev–Trinajstić information content (AvgIpc) is 2.84. The standard InChI is InChI=1S/C13H21N5O2S/c1-18(9(5-19)10(20)6-21-2)4-8-3-15-12-11(8)16-7-17-13(12)14/h3,7,9-10,15,19-20H,4-6H2,1-2H3,(H2,14,16,17)/t9-,10+/m1/s1. The molecule has 0 radical (unpaired) electrons. The molecule has 0 saturated heterocycles. The van der Waals surface area contributed by atoms with E-state index in [4.69, 9.17) is 5.73 Å². The van der Waals surface area contributed by atoms with Crippen LogP contribution in [-0.4, -0.2) is 67.9 Å². The number of likely N-dealkylation sites (N-methyl/N-ethyl adjacent to an activating group) is 1. The number of anilines is 1. The van der Waals surface area contributed by atoms with Gasteiger partial charge in [-0.3, -0.25) is 4.90 Å². The van der Waals surface area contributed by atoms with Gasteiger partial charge < -0.3 is 20.9 Å². The summed E-state index contributed by atoms with van der Waals surface area (Å²) in [7, 11) is 1.87. The Labute approximate surface area is 127 Å². The van der Waals surface area contributed by atoms with Crippen LogP contribution in [0.5, 0.6) is 0 Å². The first-order chi connectivity index (χ1) is 10.1. The molecule has 2 aromatic rings. The molecule has 2 atom stereocenters. The summed E-state index contributed by atoms with van der Waals surface area (Å²) in [5.74, 6) is 0.994. The van der Waals surface area contributed by atoms with Crippen LogP contribution in [-0.2, 0) is 6.54 Å². The zero-order chi connectivity index (χ0) is 15.4. The number of nitrogens with zero attached hydrogens (tertiary/aromatic N) is 3. The topological polar surface area (TPSA) is 111 Å². The number of nitrogens with two attached hydrogens (primary N) is 1. The summed E-state index contributed by atoms with van der Waals surface area (Å²) < 4.78 is 0. The van der Waals surface area contributed by atoms with Gasteiger partial charge in [-0.05, 0) is 13.3 Å². The van der Waals surface area contributed by atoms with Crippen molar-refractivity contribution in [3.05, 3.63) is 18.1 Å². The van der Waals surface area contributed by atoms with Crippen molar-refractivity contribution in [3.63, 3.8) is 0 Å². The fraction of sp³-hybridized carbons (Fsp3) is 0.538. The van der Waals surface area contributed by atoms with E-state index in [2.05, 4.69) is 15.0 Å². The number of aliphatic hydroxyl groups excluding tert-OH is 2. The van der Waals surface area contributed by atoms with Gasteiger partial charge in [0.05, 0.1) is 24.3 Å². The lowest BCUT2D eigenvalue weighted by Crippen LogP contribution is -2.44. The normalized spacial score (nSPS) is 14.7. The third-order valence-electron chi connectivity index (χ3n) is 3.53. The lowest BCUT2D eigenvalue weighted by Gasteiger charge is -2.30. The summed E-state index contributed by atoms with van der Waals surface area (Å²) in [6, 6.07) is -0.318. The molecular formula is C13H21N5O2S. The largest absolute Gasteiger partial charge is 0.395 e. The van der Waals surface area contributed by atoms with Gasteiger partial charge in [-0.15, -0.1) is 0 Å². The molecule has 0 fully saturated rings. The predicted molar refractivity (Wildman–Crippen MR) is 85.0 cm³/mol. The Balaban J connectivity index is 2.17. The van der Waals surface area contributed by atoms with Crippen molar-refractivity contribution < 1.29 is 10.2 Å². The highest BCUT2D eigenvalue weighted by molar-refractivity contribution is 7.98. The molecule has 2 aromatic heterocycles. The number of hydrogen-bond acceptors (Lipinski definition) is 7. The molecule has 0 aromatic carbocycles. The number of H-pyrrole nitrogens is 1. The van der Waals surface area contributed by atoms with Crippen LogP contribution in [0.25, 0.3) is 11.0 Å². The van der Waals surface area contributed by atoms with Crippen molar-refractivity contribution in [1.82, 2.24) is 19.9 Å². The van der Waals surface area contributed by atoms with E-state index in [0.29, 0.717) is 23.6 Å². The van der Waals surface area contributed by atoms with Crippen LogP contribution < -0.4 is 5.73 Å². The maximum Gasteiger partial charge on any atom is 0.151 e. The molecule has 21 heavy (non-hydrogen) atoms. The van der Waals surface area contributed by atoms with Crippen LogP contribution in [0.1, 0.15) is 5.56 Å². The van der Waals surface area contributed by atoms with E-state index in [0.717, 1.165) is 11.1 Å². The SMILES string of the molecule is CSC[C@H](O)[C@@H](CO)N(C)Cc1c[nH]c2c(N)ncnc12. The highest BCUT2D eigenvalue weighted by Crippen LogP contribution is 2.21. The first-order valence-corrected chi connectivity index (χ1v) is 8.02. The zero-order valence-electron chi connectivity index (χ0n) is 12.2. The summed E-state index contributed by atoms with van der Waals surface area (Å²) in [4.78, 5) is 13.2. The van der Waals surface area contributed by atoms with Gasteiger partial charge in [0.25, 0.3) is 0 Å². The van der Waals surface area contributed by atoms with Crippen LogP contribution in [0.3, 0.4) is 0 Å². The maximum atomic E-state index is 10.1. The average molecular weight is 311 g/mol. The molecule has 0 aliphatic rings. The van der Waals surface area contributed by atoms with Crippen molar-refractivity contribution in [1.29, 1.82) is 0 Å². The molecule has 0 spiro atoms. The Morgan fingerprint density at radius 3 is 2.90 bits per heavy atom. The van der Waals surface area contributed by atoms with Crippen molar-refractivity contribution in [2.75, 3.05) is 31.4 Å². The Hall–Kier alpha value is -1.35. The molecule has 7 nitrogen and oxygen atoms in total. The fourth-order valence-electron chi connectivity index (χ4n) is 2.36. The van der Waals surface area contributed by atoms with Crippen LogP contribution >= 0.6 is 11.8 Å². The molecule has 0 saturated carbocycles. The quantitative estimate of drug-likeness (QED) is 0.572. The summed E-state index contributed by atoms with van der Waals surface area (Å²) in [6.07, 6.45) is 4.61. The minimum atomic E-state index is -0.583. The van der Waals surface area contributed by atoms with Gasteiger partial charge in [0.1, 0.15) is 11.8 Å². The van der Waals surface area contributed by atoms with E-state index >= 15 is 0 Å². The van der Waals surface area contributed by atoms with E-state index in [1.807, 2.05) is 24.4 Å². The van der Waals surface area contributed by atoms with Gasteiger partial charge in [-0.1, -0.05) is 0 Å². The smallest absolute Gasteiger partial charge is 0.151 e. The van der Waals surface area contributed by atoms with Crippen LogP contribution in [0.4, 0.5) is 5.82 Å². The number of nitrogen functional groups attached to an aromatic ring is 1. The predicted octanol–water partition coefficient (Wildman–Crippen LogP) is 0.0567. The van der Waals surface area contributed by atoms with Gasteiger partial charge in [0, 0.05) is 24.1 Å². The highest BCUT2D eigenvalue weighted by atomic mass is 32.2. The lowest BCUT2D eigenvalue weighted by atomic mass is 10.1. The van der Waals surface area contributed by atoms with Gasteiger partial charge >= 0.3 is 0 Å². The van der Waals surface area contributed by atoms with Crippen LogP contribution in [0.2, 0.25) is 0 Å². The first kappa shape index (κ1) is 16.0. The van der Waals surface area contributed by atoms with Crippen LogP contribution in [0.15, 0.2) is 12.5 Å². The number of rotatable bonds is 7. The monoisotopic (exact) mass is 311 g/mol. The van der Waals surface area contributed by atoms with Crippen molar-refractivity contribution in [2.24, 2.45) is 0 Å². The molecule has 116 valence electrons. The number of aromatic amines is 1. The second-order valence-corrected chi connectivity index (χ2v) is 5.89. The molecule has 0 aliphatic heterocycles. The Kier molecular flexibility index (Phi) is 5.40. The third kappa shape index (κ3) is 3.46. The maximum absolute atomic E-state index is 10.1. The fourth-order valence-corrected chi connectivity index (χ4v) is 2.92. The van der Waals surface area contributed by atoms with E-state index in [9.17, 15) is 10.2 Å². The highest BCUT2D eigenvalue weighted by Gasteiger charge is 2.23. The van der Waals surface area contributed by atoms with Gasteiger partial charge in [-0.2, -0.15) is 11.8 Å². The number of fused-ring (bicyclic) bond motifs is 1. The number of hydrogen-bond donors (Lipinski definition) is 4. The zero-order valence-corrected chi connectivity index (χ0v) is 13.0. The molecule has 2 heterocycles. The van der Waals surface area contributed by atoms with E-state index in [1.54, 1.807) is 11.8 Å². The number of thioether (sulfide) groups is 1. The Bertz CT molecular complexity index is 591. The lowest BCUT2D eigenvalue weighted by molar-refractivity contribution is 0.0379. The van der Waals surface area contributed by atoms with E-state index in [1.165, 1.54) is 6.33 Å². The van der Waals surface area contributed by atoms with Crippen molar-refractivity contribution in [3.8, 4) is 0 Å².